The maximum absolute atomic E-state index is 12.6. The van der Waals surface area contributed by atoms with E-state index in [1.807, 2.05) is 24.4 Å². The number of amides is 1. The second kappa shape index (κ2) is 6.13. The zero-order valence-electron chi connectivity index (χ0n) is 13.9. The smallest absolute Gasteiger partial charge is 0.224 e. The molecule has 1 amide bonds. The van der Waals surface area contributed by atoms with Crippen molar-refractivity contribution in [3.63, 3.8) is 0 Å². The maximum atomic E-state index is 12.6. The van der Waals surface area contributed by atoms with E-state index in [0.29, 0.717) is 18.3 Å². The van der Waals surface area contributed by atoms with Crippen LogP contribution in [0.15, 0.2) is 24.4 Å². The second-order valence-corrected chi connectivity index (χ2v) is 7.18. The topological polar surface area (TPSA) is 74.4 Å². The van der Waals surface area contributed by atoms with Gasteiger partial charge in [0.1, 0.15) is 5.75 Å². The van der Waals surface area contributed by atoms with Crippen LogP contribution in [0.4, 0.5) is 0 Å². The van der Waals surface area contributed by atoms with Crippen molar-refractivity contribution in [2.75, 3.05) is 13.7 Å². The Bertz CT molecular complexity index is 754. The number of aromatic amines is 1. The number of rotatable bonds is 5. The van der Waals surface area contributed by atoms with Crippen molar-refractivity contribution in [3.05, 3.63) is 30.0 Å². The highest BCUT2D eigenvalue weighted by atomic mass is 16.5. The van der Waals surface area contributed by atoms with Gasteiger partial charge in [-0.15, -0.1) is 0 Å². The number of hydrogen-bond donors (Lipinski definition) is 3. The van der Waals surface area contributed by atoms with E-state index in [1.54, 1.807) is 7.11 Å². The molecule has 0 saturated heterocycles. The van der Waals surface area contributed by atoms with Gasteiger partial charge in [0, 0.05) is 35.7 Å². The third kappa shape index (κ3) is 2.57. The number of fused-ring (bicyclic) bond motifs is 3. The molecule has 128 valence electrons. The molecule has 4 rings (SSSR count). The van der Waals surface area contributed by atoms with E-state index in [0.717, 1.165) is 28.6 Å². The van der Waals surface area contributed by atoms with Gasteiger partial charge in [0.15, 0.2) is 0 Å². The molecule has 4 unspecified atom stereocenters. The number of methoxy groups -OCH3 is 1. The van der Waals surface area contributed by atoms with E-state index in [9.17, 15) is 9.90 Å². The molecular formula is C19H24N2O3. The van der Waals surface area contributed by atoms with E-state index in [-0.39, 0.29) is 24.5 Å². The molecule has 4 atom stereocenters. The van der Waals surface area contributed by atoms with Crippen LogP contribution in [0, 0.1) is 17.8 Å². The molecule has 2 bridgehead atoms. The summed E-state index contributed by atoms with van der Waals surface area (Å²) in [5, 5.41) is 13.9. The Balaban J connectivity index is 1.48. The molecule has 5 heteroatoms. The van der Waals surface area contributed by atoms with Gasteiger partial charge in [-0.25, -0.2) is 0 Å². The Morgan fingerprint density at radius 3 is 3.00 bits per heavy atom. The Hall–Kier alpha value is -2.01. The monoisotopic (exact) mass is 328 g/mol. The summed E-state index contributed by atoms with van der Waals surface area (Å²) < 4.78 is 5.28. The highest BCUT2D eigenvalue weighted by molar-refractivity contribution is 5.89. The molecule has 2 saturated carbocycles. The normalized spacial score (nSPS) is 28.4. The molecule has 0 aliphatic heterocycles. The van der Waals surface area contributed by atoms with Gasteiger partial charge in [0.25, 0.3) is 0 Å². The second-order valence-electron chi connectivity index (χ2n) is 7.18. The molecular weight excluding hydrogens is 304 g/mol. The van der Waals surface area contributed by atoms with Gasteiger partial charge in [-0.05, 0) is 54.9 Å². The fourth-order valence-electron chi connectivity index (χ4n) is 4.74. The third-order valence-corrected chi connectivity index (χ3v) is 5.95. The Morgan fingerprint density at radius 2 is 2.21 bits per heavy atom. The van der Waals surface area contributed by atoms with Gasteiger partial charge in [-0.2, -0.15) is 0 Å². The van der Waals surface area contributed by atoms with Crippen LogP contribution in [0.1, 0.15) is 24.8 Å². The molecule has 0 radical (unpaired) electrons. The quantitative estimate of drug-likeness (QED) is 0.788. The number of H-pyrrole nitrogens is 1. The van der Waals surface area contributed by atoms with Crippen LogP contribution in [-0.4, -0.2) is 35.8 Å². The summed E-state index contributed by atoms with van der Waals surface area (Å²) in [4.78, 5) is 15.8. The predicted molar refractivity (Wildman–Crippen MR) is 91.9 cm³/mol. The molecule has 1 aromatic heterocycles. The van der Waals surface area contributed by atoms with Crippen molar-refractivity contribution < 1.29 is 14.6 Å². The van der Waals surface area contributed by atoms with E-state index >= 15 is 0 Å². The highest BCUT2D eigenvalue weighted by Crippen LogP contribution is 2.48. The summed E-state index contributed by atoms with van der Waals surface area (Å²) in [7, 11) is 1.64. The summed E-state index contributed by atoms with van der Waals surface area (Å²) in [6.07, 6.45) is 5.77. The van der Waals surface area contributed by atoms with Crippen molar-refractivity contribution >= 4 is 16.8 Å². The lowest BCUT2D eigenvalue weighted by atomic mass is 9.85. The number of nitrogens with one attached hydrogen (secondary N) is 2. The fourth-order valence-corrected chi connectivity index (χ4v) is 4.74. The van der Waals surface area contributed by atoms with Crippen LogP contribution >= 0.6 is 0 Å². The zero-order valence-corrected chi connectivity index (χ0v) is 13.9. The summed E-state index contributed by atoms with van der Waals surface area (Å²) in [5.74, 6) is 2.18. The standard InChI is InChI=1S/C19H24N2O3/c1-24-14-4-5-17-15(8-14)13(9-20-17)7-18(23)21-19-12-3-2-11(6-12)16(19)10-22/h4-5,8-9,11-12,16,19-20,22H,2-3,6-7,10H2,1H3,(H,21,23). The minimum Gasteiger partial charge on any atom is -0.497 e. The van der Waals surface area contributed by atoms with Crippen LogP contribution in [0.5, 0.6) is 5.75 Å². The summed E-state index contributed by atoms with van der Waals surface area (Å²) in [6, 6.07) is 5.97. The average molecular weight is 328 g/mol. The molecule has 2 aliphatic carbocycles. The first kappa shape index (κ1) is 15.5. The van der Waals surface area contributed by atoms with Crippen molar-refractivity contribution in [1.29, 1.82) is 0 Å². The number of aliphatic hydroxyl groups is 1. The van der Waals surface area contributed by atoms with Crippen LogP contribution in [0.2, 0.25) is 0 Å². The first-order valence-electron chi connectivity index (χ1n) is 8.74. The predicted octanol–water partition coefficient (Wildman–Crippen LogP) is 2.24. The number of ether oxygens (including phenoxy) is 1. The largest absolute Gasteiger partial charge is 0.497 e. The lowest BCUT2D eigenvalue weighted by Crippen LogP contribution is -2.45. The SMILES string of the molecule is COc1ccc2[nH]cc(CC(=O)NC3C4CCC(C4)C3CO)c2c1. The molecule has 2 fully saturated rings. The molecule has 24 heavy (non-hydrogen) atoms. The lowest BCUT2D eigenvalue weighted by molar-refractivity contribution is -0.122. The average Bonchev–Trinajstić information content (AvgIpc) is 3.29. The lowest BCUT2D eigenvalue weighted by Gasteiger charge is -2.30. The van der Waals surface area contributed by atoms with Gasteiger partial charge in [-0.1, -0.05) is 0 Å². The number of carbonyl (C=O) groups excluding carboxylic acids is 1. The van der Waals surface area contributed by atoms with Crippen LogP contribution in [-0.2, 0) is 11.2 Å². The summed E-state index contributed by atoms with van der Waals surface area (Å²) in [5.41, 5.74) is 1.98. The highest BCUT2D eigenvalue weighted by Gasteiger charge is 2.47. The number of benzene rings is 1. The van der Waals surface area contributed by atoms with Gasteiger partial charge >= 0.3 is 0 Å². The number of aromatic nitrogens is 1. The van der Waals surface area contributed by atoms with Gasteiger partial charge in [0.2, 0.25) is 5.91 Å². The van der Waals surface area contributed by atoms with E-state index in [1.165, 1.54) is 12.8 Å². The molecule has 1 heterocycles. The molecule has 3 N–H and O–H groups in total. The van der Waals surface area contributed by atoms with Crippen molar-refractivity contribution in [3.8, 4) is 5.75 Å². The van der Waals surface area contributed by atoms with Crippen LogP contribution in [0.3, 0.4) is 0 Å². The molecule has 2 aliphatic rings. The number of carbonyl (C=O) groups is 1. The van der Waals surface area contributed by atoms with E-state index in [4.69, 9.17) is 4.74 Å². The Morgan fingerprint density at radius 1 is 1.38 bits per heavy atom. The molecule has 5 nitrogen and oxygen atoms in total. The Kier molecular flexibility index (Phi) is 3.96. The van der Waals surface area contributed by atoms with Gasteiger partial charge < -0.3 is 20.1 Å². The zero-order chi connectivity index (χ0) is 16.7. The fraction of sp³-hybridized carbons (Fsp3) is 0.526. The van der Waals surface area contributed by atoms with Crippen molar-refractivity contribution in [2.45, 2.75) is 31.7 Å². The minimum atomic E-state index is 0.0368. The third-order valence-electron chi connectivity index (χ3n) is 5.95. The van der Waals surface area contributed by atoms with Crippen molar-refractivity contribution in [1.82, 2.24) is 10.3 Å². The summed E-state index contributed by atoms with van der Waals surface area (Å²) in [6.45, 7) is 0.177. The maximum Gasteiger partial charge on any atom is 0.224 e. The first-order chi connectivity index (χ1) is 11.7. The number of hydrogen-bond acceptors (Lipinski definition) is 3. The molecule has 1 aromatic carbocycles. The van der Waals surface area contributed by atoms with Crippen molar-refractivity contribution in [2.24, 2.45) is 17.8 Å². The van der Waals surface area contributed by atoms with E-state index in [2.05, 4.69) is 10.3 Å². The molecule has 2 aromatic rings. The van der Waals surface area contributed by atoms with Crippen LogP contribution in [0.25, 0.3) is 10.9 Å². The Labute approximate surface area is 141 Å². The summed E-state index contributed by atoms with van der Waals surface area (Å²) >= 11 is 0. The first-order valence-corrected chi connectivity index (χ1v) is 8.74. The minimum absolute atomic E-state index is 0.0368. The van der Waals surface area contributed by atoms with Gasteiger partial charge in [-0.3, -0.25) is 4.79 Å². The molecule has 0 spiro atoms. The van der Waals surface area contributed by atoms with Crippen LogP contribution < -0.4 is 10.1 Å². The number of aliphatic hydroxyl groups excluding tert-OH is 1. The van der Waals surface area contributed by atoms with E-state index < -0.39 is 0 Å². The van der Waals surface area contributed by atoms with Gasteiger partial charge in [0.05, 0.1) is 13.5 Å².